The van der Waals surface area contributed by atoms with Gasteiger partial charge in [-0.2, -0.15) is 0 Å². The van der Waals surface area contributed by atoms with Crippen molar-refractivity contribution in [3.63, 3.8) is 0 Å². The van der Waals surface area contributed by atoms with Crippen molar-refractivity contribution < 1.29 is 68.5 Å². The molecule has 4 N–H and O–H groups in total. The van der Waals surface area contributed by atoms with Gasteiger partial charge in [0, 0.05) is 158 Å². The number of nitrogens with zero attached hydrogens (tertiary/aromatic N) is 11. The van der Waals surface area contributed by atoms with E-state index in [9.17, 15) is 27.9 Å². The minimum Gasteiger partial charge on any atom is -0.478 e. The number of hydrogen-bond donors (Lipinski definition) is 4. The molecule has 2 radical (unpaired) electrons. The summed E-state index contributed by atoms with van der Waals surface area (Å²) < 4.78 is 56.2. The molecule has 6 aromatic carbocycles. The van der Waals surface area contributed by atoms with Crippen LogP contribution in [0.1, 0.15) is 40.0 Å². The molecule has 0 atom stereocenters. The Bertz CT molecular complexity index is 4780. The van der Waals surface area contributed by atoms with Crippen LogP contribution in [0.3, 0.4) is 0 Å². The van der Waals surface area contributed by atoms with Crippen LogP contribution in [0, 0.1) is 55.1 Å². The van der Waals surface area contributed by atoms with Crippen LogP contribution >= 0.6 is 34.8 Å². The van der Waals surface area contributed by atoms with Crippen LogP contribution in [0.15, 0.2) is 183 Å². The Balaban J connectivity index is 0.000000161. The van der Waals surface area contributed by atoms with Gasteiger partial charge in [0.15, 0.2) is 23.2 Å². The number of carboxylic acid groups (broad SMARTS) is 1. The van der Waals surface area contributed by atoms with Crippen molar-refractivity contribution in [2.75, 3.05) is 55.5 Å². The first kappa shape index (κ1) is 69.2. The molecule has 2 aliphatic rings. The second-order valence-electron chi connectivity index (χ2n) is 20.8. The molecule has 0 saturated carbocycles. The molecule has 0 spiro atoms. The van der Waals surface area contributed by atoms with Crippen molar-refractivity contribution in [1.82, 2.24) is 49.8 Å². The topological polar surface area (TPSA) is 233 Å². The largest absolute Gasteiger partial charge is 0.478 e. The fraction of sp³-hybridized carbons (Fsp3) is 0.130. The summed E-state index contributed by atoms with van der Waals surface area (Å²) >= 11 is 17.7. The summed E-state index contributed by atoms with van der Waals surface area (Å²) in [7, 11) is 3.75. The predicted molar refractivity (Wildman–Crippen MR) is 364 cm³/mol. The van der Waals surface area contributed by atoms with E-state index in [1.807, 2.05) is 18.2 Å². The smallest absolute Gasteiger partial charge is 0.335 e. The number of hydrogen-bond acceptors (Lipinski definition) is 16. The SMILES string of the molecule is C1CCOCC1.O=C(O)c1ccc2nc(-c3cccnc3)nc(Nc3ccc(F)c(Cl)c3)c2c1.O=C(c1ccc2nc(-c3cccnc3)nc(Nc3ccc(F)c(Cl)c3)c2c1)N1CCOCC1.[3H][B].[C-]#[N+]c1ccc2nc(-c3cccnc3)nc(Nc3ccc(F)c(Cl)c3)c2c1.[U]. The summed E-state index contributed by atoms with van der Waals surface area (Å²) in [5.41, 5.74) is 6.82. The normalized spacial score (nSPS) is 12.4. The number of fused-ring (bicyclic) bond motifs is 3. The number of carbonyl (C=O) groups excluding carboxylic acids is 1. The molecule has 96 heavy (non-hydrogen) atoms. The maximum atomic E-state index is 13.7. The van der Waals surface area contributed by atoms with Gasteiger partial charge in [-0.15, -0.1) is 0 Å². The van der Waals surface area contributed by atoms with E-state index in [1.165, 1.54) is 73.9 Å². The third-order valence-corrected chi connectivity index (χ3v) is 15.2. The molecule has 19 nitrogen and oxygen atoms in total. The third-order valence-electron chi connectivity index (χ3n) is 14.4. The quantitative estimate of drug-likeness (QED) is 0.0696. The number of morpholine rings is 1. The molecule has 6 aromatic heterocycles. The minimum absolute atomic E-state index is 0. The van der Waals surface area contributed by atoms with Gasteiger partial charge in [0.2, 0.25) is 0 Å². The molecule has 14 rings (SSSR count). The minimum atomic E-state index is -1.06. The van der Waals surface area contributed by atoms with E-state index >= 15 is 0 Å². The number of aromatic carboxylic acids is 1. The van der Waals surface area contributed by atoms with E-state index in [-0.39, 0.29) is 57.7 Å². The summed E-state index contributed by atoms with van der Waals surface area (Å²) in [6, 6.07) is 38.8. The van der Waals surface area contributed by atoms with E-state index in [0.29, 0.717) is 128 Å². The Hall–Kier alpha value is -9.68. The molecule has 0 bridgehead atoms. The molecule has 12 aromatic rings. The molecular weight excluding hydrogens is 1520 g/mol. The van der Waals surface area contributed by atoms with E-state index in [1.54, 1.807) is 115 Å². The molecule has 478 valence electrons. The zero-order chi connectivity index (χ0) is 67.5. The fourth-order valence-corrected chi connectivity index (χ4v) is 10.2. The second-order valence-corrected chi connectivity index (χ2v) is 22.1. The maximum Gasteiger partial charge on any atom is 0.335 e. The third kappa shape index (κ3) is 18.0. The Labute approximate surface area is 590 Å². The first-order valence-corrected chi connectivity index (χ1v) is 30.3. The molecule has 27 heteroatoms. The van der Waals surface area contributed by atoms with Crippen molar-refractivity contribution in [3.05, 3.63) is 238 Å². The van der Waals surface area contributed by atoms with Gasteiger partial charge >= 0.3 is 5.97 Å². The Morgan fingerprint density at radius 2 is 0.896 bits per heavy atom. The molecule has 2 fully saturated rings. The van der Waals surface area contributed by atoms with Gasteiger partial charge in [-0.1, -0.05) is 40.9 Å². The number of aromatic nitrogens is 9. The molecule has 8 heterocycles. The number of nitrogens with one attached hydrogen (secondary N) is 3. The number of ether oxygens (including phenoxy) is 2. The monoisotopic (exact) mass is 1570 g/mol. The van der Waals surface area contributed by atoms with Gasteiger partial charge in [0.05, 0.1) is 57.0 Å². The molecule has 2 saturated heterocycles. The Kier molecular flexibility index (Phi) is 24.2. The van der Waals surface area contributed by atoms with Gasteiger partial charge in [-0.25, -0.2) is 52.7 Å². The van der Waals surface area contributed by atoms with Crippen molar-refractivity contribution in [2.45, 2.75) is 19.3 Å². The number of benzene rings is 6. The van der Waals surface area contributed by atoms with Crippen LogP contribution in [0.2, 0.25) is 15.1 Å². The van der Waals surface area contributed by atoms with Gasteiger partial charge in [0.25, 0.3) is 5.91 Å². The average Bonchev–Trinajstić information content (AvgIpc) is 0.800. The zero-order valence-corrected chi connectivity index (χ0v) is 57.0. The number of amides is 1. The van der Waals surface area contributed by atoms with Gasteiger partial charge in [0.1, 0.15) is 34.9 Å². The predicted octanol–water partition coefficient (Wildman–Crippen LogP) is 15.9. The summed E-state index contributed by atoms with van der Waals surface area (Å²) in [5.74, 6) is 0.0234. The zero-order valence-electron chi connectivity index (χ0n) is 51.5. The maximum absolute atomic E-state index is 13.7. The molecule has 0 aliphatic carbocycles. The van der Waals surface area contributed by atoms with Crippen LogP contribution in [0.25, 0.3) is 71.7 Å². The van der Waals surface area contributed by atoms with Gasteiger partial charge in [-0.3, -0.25) is 19.7 Å². The van der Waals surface area contributed by atoms with E-state index in [4.69, 9.17) is 52.2 Å². The Morgan fingerprint density at radius 1 is 0.510 bits per heavy atom. The Morgan fingerprint density at radius 3 is 1.25 bits per heavy atom. The fourth-order valence-electron chi connectivity index (χ4n) is 9.64. The first-order chi connectivity index (χ1) is 46.7. The summed E-state index contributed by atoms with van der Waals surface area (Å²) in [4.78, 5) is 69.5. The van der Waals surface area contributed by atoms with Crippen LogP contribution in [-0.2, 0) is 9.47 Å². The summed E-state index contributed by atoms with van der Waals surface area (Å²) in [5, 5.41) is 20.5. The van der Waals surface area contributed by atoms with Crippen molar-refractivity contribution in [3.8, 4) is 34.2 Å². The van der Waals surface area contributed by atoms with Crippen molar-refractivity contribution in [2.24, 2.45) is 0 Å². The molecule has 2 aliphatic heterocycles. The number of halogens is 6. The number of carboxylic acids is 1. The summed E-state index contributed by atoms with van der Waals surface area (Å²) in [6.45, 7) is 11.4. The van der Waals surface area contributed by atoms with E-state index in [0.717, 1.165) is 24.3 Å². The number of pyridine rings is 3. The molecule has 0 unspecified atom stereocenters. The molecule has 1 amide bonds. The number of anilines is 6. The van der Waals surface area contributed by atoms with E-state index < -0.39 is 23.4 Å². The van der Waals surface area contributed by atoms with Gasteiger partial charge in [-0.05, 0) is 160 Å². The van der Waals surface area contributed by atoms with Crippen LogP contribution in [0.4, 0.5) is 53.4 Å². The number of rotatable bonds is 11. The van der Waals surface area contributed by atoms with Gasteiger partial charge < -0.3 is 35.4 Å². The van der Waals surface area contributed by atoms with Crippen molar-refractivity contribution >= 4 is 128 Å². The number of carbonyl (C=O) groups is 2. The van der Waals surface area contributed by atoms with Crippen LogP contribution in [0.5, 0.6) is 0 Å². The standard InChI is InChI=1S/C24H19ClFN5O2.C20H11ClFN5.C20H12ClFN4O2.C5H10O.BH.U/c25-19-13-17(4-5-20(19)26)28-23-18-12-15(24(32)31-8-10-33-11-9-31)3-6-21(18)29-22(30-23)16-2-1-7-27-14-16;1-23-13-5-7-18-15(9-13)20(25-14-4-6-17(22)16(21)10-14)27-19(26-18)12-3-2-8-24-11-12;21-15-9-13(4-5-16(15)22)24-19-14-8-11(20(27)28)3-6-17(14)25-18(26-19)12-2-1-7-23-10-12;1-2-4-6-5-3-1;;/h1-7,12-14H,8-11H2,(H,28,29,30);2-11H,(H,25,26,27);1-10H,(H,27,28)(H,24,25,26);1-5H2;1H;/i;;;;1T;. The van der Waals surface area contributed by atoms with Crippen LogP contribution in [-0.4, -0.2) is 116 Å². The second kappa shape index (κ2) is 33.6. The van der Waals surface area contributed by atoms with Crippen LogP contribution < -0.4 is 16.0 Å². The average molecular weight is 1570 g/mol. The van der Waals surface area contributed by atoms with E-state index in [2.05, 4.69) is 74.0 Å². The first-order valence-electron chi connectivity index (χ1n) is 29.7. The summed E-state index contributed by atoms with van der Waals surface area (Å²) in [6.07, 6.45) is 13.9. The van der Waals surface area contributed by atoms with Crippen molar-refractivity contribution in [1.29, 1.82) is 1.34 Å². The molecular formula is C69H53BCl3F3N14O5U.